The van der Waals surface area contributed by atoms with Crippen molar-refractivity contribution in [3.63, 3.8) is 0 Å². The number of aliphatic hydroxyl groups is 2. The van der Waals surface area contributed by atoms with E-state index in [4.69, 9.17) is 18.9 Å². The summed E-state index contributed by atoms with van der Waals surface area (Å²) in [4.78, 5) is 57.8. The minimum Gasteiger partial charge on any atom is -0.496 e. The molecule has 8 atom stereocenters. The minimum atomic E-state index is -0.498. The molecule has 4 aliphatic heterocycles. The number of allylic oxidation sites excluding steroid dienone is 2. The molecule has 0 spiro atoms. The fraction of sp³-hybridized carbons (Fsp3) is 0.462. The first-order valence-corrected chi connectivity index (χ1v) is 23.3. The Labute approximate surface area is 397 Å². The van der Waals surface area contributed by atoms with Crippen molar-refractivity contribution in [1.82, 2.24) is 29.6 Å². The molecule has 2 aromatic heterocycles. The van der Waals surface area contributed by atoms with Crippen molar-refractivity contribution in [3.8, 4) is 11.5 Å². The molecule has 8 rings (SSSR count). The van der Waals surface area contributed by atoms with Crippen LogP contribution < -0.4 is 31.2 Å². The van der Waals surface area contributed by atoms with Crippen LogP contribution >= 0.6 is 0 Å². The number of hydrogen-bond donors (Lipinski definition) is 4. The minimum absolute atomic E-state index is 0.0697. The highest BCUT2D eigenvalue weighted by Gasteiger charge is 2.57. The highest BCUT2D eigenvalue weighted by Crippen LogP contribution is 2.51. The number of amides is 2. The van der Waals surface area contributed by atoms with Gasteiger partial charge in [0.2, 0.25) is 11.8 Å². The average molecular weight is 935 g/mol. The number of aromatic nitrogens is 2. The van der Waals surface area contributed by atoms with E-state index in [0.29, 0.717) is 63.6 Å². The van der Waals surface area contributed by atoms with Crippen LogP contribution in [0.5, 0.6) is 11.5 Å². The second kappa shape index (κ2) is 22.9. The summed E-state index contributed by atoms with van der Waals surface area (Å²) >= 11 is 0. The number of ether oxygens (including phenoxy) is 4. The van der Waals surface area contributed by atoms with Gasteiger partial charge in [0.1, 0.15) is 11.5 Å². The third kappa shape index (κ3) is 9.84. The van der Waals surface area contributed by atoms with E-state index in [2.05, 4.69) is 20.4 Å². The second-order valence-corrected chi connectivity index (χ2v) is 17.6. The van der Waals surface area contributed by atoms with Crippen molar-refractivity contribution < 1.29 is 38.7 Å². The van der Waals surface area contributed by atoms with Gasteiger partial charge in [-0.25, -0.2) is 0 Å². The number of benzene rings is 2. The molecule has 2 saturated heterocycles. The van der Waals surface area contributed by atoms with Gasteiger partial charge in [-0.05, 0) is 50.2 Å². The Balaban J connectivity index is 0.000000201. The number of hydrogen-bond acceptors (Lipinski definition) is 12. The van der Waals surface area contributed by atoms with Crippen molar-refractivity contribution >= 4 is 24.0 Å². The summed E-state index contributed by atoms with van der Waals surface area (Å²) in [6.07, 6.45) is 7.30. The van der Waals surface area contributed by atoms with E-state index < -0.39 is 11.8 Å². The molecule has 2 aromatic carbocycles. The molecule has 4 bridgehead atoms. The maximum absolute atomic E-state index is 13.4. The van der Waals surface area contributed by atoms with E-state index in [9.17, 15) is 29.4 Å². The van der Waals surface area contributed by atoms with Gasteiger partial charge in [-0.3, -0.25) is 29.0 Å². The average Bonchev–Trinajstić information content (AvgIpc) is 3.69. The zero-order chi connectivity index (χ0) is 48.5. The van der Waals surface area contributed by atoms with Gasteiger partial charge in [0.15, 0.2) is 0 Å². The number of carbonyl (C=O) groups excluding carboxylic acids is 2. The maximum Gasteiger partial charge on any atom is 0.258 e. The zero-order valence-electron chi connectivity index (χ0n) is 39.9. The molecule has 0 unspecified atom stereocenters. The van der Waals surface area contributed by atoms with Crippen LogP contribution in [-0.2, 0) is 45.2 Å². The summed E-state index contributed by atoms with van der Waals surface area (Å²) in [5.41, 5.74) is 4.69. The van der Waals surface area contributed by atoms with Gasteiger partial charge in [-0.1, -0.05) is 60.7 Å². The van der Waals surface area contributed by atoms with E-state index >= 15 is 0 Å². The summed E-state index contributed by atoms with van der Waals surface area (Å²) in [7, 11) is 6.46. The molecular formula is C52H66N6O10. The Hall–Kier alpha value is -5.88. The molecule has 0 radical (unpaired) electrons. The van der Waals surface area contributed by atoms with Gasteiger partial charge in [0.05, 0.1) is 51.4 Å². The van der Waals surface area contributed by atoms with Crippen LogP contribution in [0.15, 0.2) is 94.5 Å². The molecule has 364 valence electrons. The predicted molar refractivity (Wildman–Crippen MR) is 259 cm³/mol. The third-order valence-corrected chi connectivity index (χ3v) is 14.0. The van der Waals surface area contributed by atoms with Crippen molar-refractivity contribution in [3.05, 3.63) is 139 Å². The van der Waals surface area contributed by atoms with E-state index in [1.54, 1.807) is 49.7 Å². The number of rotatable bonds is 18. The molecule has 2 fully saturated rings. The number of nitrogens with zero attached hydrogens (tertiary/aromatic N) is 4. The first-order chi connectivity index (χ1) is 33.1. The summed E-state index contributed by atoms with van der Waals surface area (Å²) in [5.74, 6) is -0.341. The largest absolute Gasteiger partial charge is 0.496 e. The summed E-state index contributed by atoms with van der Waals surface area (Å²) in [6.45, 7) is 6.99. The quantitative estimate of drug-likeness (QED) is 0.106. The van der Waals surface area contributed by atoms with E-state index in [0.717, 1.165) is 34.0 Å². The molecule has 4 N–H and O–H groups in total. The topological polar surface area (TPSA) is 186 Å². The van der Waals surface area contributed by atoms with Crippen molar-refractivity contribution in [2.24, 2.45) is 23.7 Å². The number of carbonyl (C=O) groups is 2. The summed E-state index contributed by atoms with van der Waals surface area (Å²) < 4.78 is 24.9. The highest BCUT2D eigenvalue weighted by atomic mass is 16.5. The van der Waals surface area contributed by atoms with Crippen LogP contribution in [0.25, 0.3) is 12.2 Å². The van der Waals surface area contributed by atoms with Crippen LogP contribution in [0, 0.1) is 23.7 Å². The number of aliphatic hydroxyl groups excluding tert-OH is 2. The molecule has 68 heavy (non-hydrogen) atoms. The number of pyridine rings is 2. The van der Waals surface area contributed by atoms with E-state index in [-0.39, 0.29) is 72.1 Å². The maximum atomic E-state index is 13.4. The standard InChI is InChI=1S/2C26H33N3O5/c2*1-4-7-17-10-11-20-24-23(25(31)27-12-13-33-2)19(16-30)21(15-29(20)26(17)32)28(24)14-18-8-5-6-9-22(18)34-3/h2*4-11,19,21,23-24,30H,12-16H2,1-3H3,(H,27,31)/b7-4+;7-4-/t2*19-,21-,23+,24+/m11/s1. The monoisotopic (exact) mass is 934 g/mol. The van der Waals surface area contributed by atoms with Crippen LogP contribution in [0.4, 0.5) is 0 Å². The summed E-state index contributed by atoms with van der Waals surface area (Å²) in [5, 5.41) is 26.8. The Morgan fingerprint density at radius 2 is 1.01 bits per heavy atom. The van der Waals surface area contributed by atoms with Gasteiger partial charge in [0.25, 0.3) is 11.1 Å². The molecule has 6 heterocycles. The number of methoxy groups -OCH3 is 4. The van der Waals surface area contributed by atoms with Gasteiger partial charge in [-0.15, -0.1) is 0 Å². The first kappa shape index (κ1) is 50.0. The molecule has 2 amide bonds. The molecule has 4 aliphatic rings. The number of nitrogens with one attached hydrogen (secondary N) is 2. The fourth-order valence-corrected chi connectivity index (χ4v) is 11.0. The van der Waals surface area contributed by atoms with Crippen LogP contribution in [0.2, 0.25) is 0 Å². The van der Waals surface area contributed by atoms with Crippen LogP contribution in [-0.4, -0.2) is 121 Å². The molecule has 0 aliphatic carbocycles. The SMILES string of the molecule is C/C=C/c1ccc2n(c1=O)C[C@@H]1[C@@H](CO)[C@H](C(=O)NCCOC)[C@H]2N1Cc1ccccc1OC.C/C=C\c1ccc2n(c1=O)C[C@@H]1[C@@H](CO)[C@H](C(=O)NCCOC)[C@H]2N1Cc1ccccc1OC. The fourth-order valence-electron chi connectivity index (χ4n) is 11.0. The Morgan fingerprint density at radius 1 is 0.618 bits per heavy atom. The second-order valence-electron chi connectivity index (χ2n) is 17.6. The van der Waals surface area contributed by atoms with Gasteiger partial charge < -0.3 is 48.9 Å². The normalized spacial score (nSPS) is 23.8. The van der Waals surface area contributed by atoms with E-state index in [1.807, 2.05) is 98.8 Å². The number of fused-ring (bicyclic) bond motifs is 8. The summed E-state index contributed by atoms with van der Waals surface area (Å²) in [6, 6.07) is 22.1. The molecule has 0 saturated carbocycles. The lowest BCUT2D eigenvalue weighted by Crippen LogP contribution is -2.46. The van der Waals surface area contributed by atoms with Crippen LogP contribution in [0.3, 0.4) is 0 Å². The molecule has 4 aromatic rings. The lowest BCUT2D eigenvalue weighted by Gasteiger charge is -2.38. The smallest absolute Gasteiger partial charge is 0.258 e. The van der Waals surface area contributed by atoms with Crippen molar-refractivity contribution in [2.45, 2.75) is 64.2 Å². The van der Waals surface area contributed by atoms with Gasteiger partial charge in [-0.2, -0.15) is 0 Å². The number of para-hydroxylation sites is 2. The molecule has 16 heteroatoms. The Kier molecular flexibility index (Phi) is 16.9. The van der Waals surface area contributed by atoms with Gasteiger partial charge >= 0.3 is 0 Å². The van der Waals surface area contributed by atoms with Crippen molar-refractivity contribution in [2.75, 3.05) is 68.0 Å². The third-order valence-electron chi connectivity index (χ3n) is 14.0. The highest BCUT2D eigenvalue weighted by molar-refractivity contribution is 5.81. The molecule has 16 nitrogen and oxygen atoms in total. The zero-order valence-corrected chi connectivity index (χ0v) is 39.9. The molecular weight excluding hydrogens is 869 g/mol. The Bertz CT molecular complexity index is 2400. The van der Waals surface area contributed by atoms with Gasteiger partial charge in [0, 0.05) is 124 Å². The predicted octanol–water partition coefficient (Wildman–Crippen LogP) is 3.63. The van der Waals surface area contributed by atoms with Crippen LogP contribution in [0.1, 0.15) is 59.6 Å². The lowest BCUT2D eigenvalue weighted by atomic mass is 9.86. The Morgan fingerprint density at radius 3 is 1.37 bits per heavy atom. The van der Waals surface area contributed by atoms with Crippen molar-refractivity contribution in [1.29, 1.82) is 0 Å². The van der Waals surface area contributed by atoms with E-state index in [1.165, 1.54) is 0 Å². The lowest BCUT2D eigenvalue weighted by molar-refractivity contribution is -0.128. The first-order valence-electron chi connectivity index (χ1n) is 23.3.